The second-order valence-corrected chi connectivity index (χ2v) is 9.04. The number of methoxy groups -OCH3 is 1. The molecule has 1 aromatic heterocycles. The molecule has 1 aliphatic rings. The quantitative estimate of drug-likeness (QED) is 0.735. The fourth-order valence-corrected chi connectivity index (χ4v) is 4.27. The maximum atomic E-state index is 12.5. The molecule has 1 aromatic carbocycles. The molecule has 1 N–H and O–H groups in total. The molecule has 1 fully saturated rings. The number of rotatable bonds is 4. The number of halogens is 1. The predicted molar refractivity (Wildman–Crippen MR) is 111 cm³/mol. The Morgan fingerprint density at radius 3 is 2.82 bits per heavy atom. The highest BCUT2D eigenvalue weighted by Gasteiger charge is 2.37. The van der Waals surface area contributed by atoms with E-state index in [0.717, 1.165) is 5.13 Å². The van der Waals surface area contributed by atoms with Crippen molar-refractivity contribution in [3.63, 3.8) is 0 Å². The van der Waals surface area contributed by atoms with E-state index >= 15 is 0 Å². The lowest BCUT2D eigenvalue weighted by Crippen LogP contribution is -2.49. The van der Waals surface area contributed by atoms with Crippen molar-refractivity contribution >= 4 is 34.0 Å². The van der Waals surface area contributed by atoms with Gasteiger partial charge in [-0.05, 0) is 39.3 Å². The maximum Gasteiger partial charge on any atom is 0.312 e. The zero-order chi connectivity index (χ0) is 20.5. The standard InChI is InChI=1S/C20H25ClN2O4S/c1-20(2,3)27-18(25)13-8-9-23(10-16(13)26-4)19-22-15(11-28-19)12-6-5-7-14(21)17(12)24/h5-7,11,13,16,24H,8-10H2,1-4H3/t13-,16+/m0/s1. The third kappa shape index (κ3) is 4.59. The van der Waals surface area contributed by atoms with Crippen molar-refractivity contribution in [2.24, 2.45) is 5.92 Å². The van der Waals surface area contributed by atoms with E-state index in [1.54, 1.807) is 25.3 Å². The highest BCUT2D eigenvalue weighted by molar-refractivity contribution is 7.14. The summed E-state index contributed by atoms with van der Waals surface area (Å²) >= 11 is 7.49. The van der Waals surface area contributed by atoms with Gasteiger partial charge in [0.05, 0.1) is 22.7 Å². The van der Waals surface area contributed by atoms with Crippen LogP contribution >= 0.6 is 22.9 Å². The number of ether oxygens (including phenoxy) is 2. The average Bonchev–Trinajstić information content (AvgIpc) is 3.12. The van der Waals surface area contributed by atoms with Gasteiger partial charge in [-0.15, -0.1) is 11.3 Å². The van der Waals surface area contributed by atoms with Gasteiger partial charge in [0.15, 0.2) is 5.13 Å². The Morgan fingerprint density at radius 2 is 2.14 bits per heavy atom. The second kappa shape index (κ2) is 8.27. The normalized spacial score (nSPS) is 20.2. The minimum Gasteiger partial charge on any atom is -0.506 e. The first-order valence-corrected chi connectivity index (χ1v) is 10.4. The number of nitrogens with zero attached hydrogens (tertiary/aromatic N) is 2. The number of phenols is 1. The summed E-state index contributed by atoms with van der Waals surface area (Å²) in [6.07, 6.45) is 0.362. The van der Waals surface area contributed by atoms with Crippen LogP contribution in [0.3, 0.4) is 0 Å². The van der Waals surface area contributed by atoms with Crippen molar-refractivity contribution in [1.82, 2.24) is 4.98 Å². The molecule has 0 bridgehead atoms. The Kier molecular flexibility index (Phi) is 6.17. The number of piperidine rings is 1. The predicted octanol–water partition coefficient (Wildman–Crippen LogP) is 4.35. The first-order chi connectivity index (χ1) is 13.2. The third-order valence-electron chi connectivity index (χ3n) is 4.60. The van der Waals surface area contributed by atoms with E-state index in [1.165, 1.54) is 11.3 Å². The van der Waals surface area contributed by atoms with Crippen LogP contribution in [-0.2, 0) is 14.3 Å². The molecule has 0 spiro atoms. The van der Waals surface area contributed by atoms with Gasteiger partial charge in [0.1, 0.15) is 11.4 Å². The molecule has 0 radical (unpaired) electrons. The Balaban J connectivity index is 1.74. The summed E-state index contributed by atoms with van der Waals surface area (Å²) < 4.78 is 11.1. The summed E-state index contributed by atoms with van der Waals surface area (Å²) in [4.78, 5) is 19.3. The lowest BCUT2D eigenvalue weighted by Gasteiger charge is -2.37. The Labute approximate surface area is 174 Å². The van der Waals surface area contributed by atoms with Crippen LogP contribution in [0.5, 0.6) is 5.75 Å². The van der Waals surface area contributed by atoms with Crippen LogP contribution in [0.25, 0.3) is 11.3 Å². The number of aromatic nitrogens is 1. The Hall–Kier alpha value is -1.83. The fraction of sp³-hybridized carbons (Fsp3) is 0.500. The van der Waals surface area contributed by atoms with Crippen LogP contribution in [0.1, 0.15) is 27.2 Å². The molecule has 28 heavy (non-hydrogen) atoms. The van der Waals surface area contributed by atoms with E-state index in [-0.39, 0.29) is 23.7 Å². The summed E-state index contributed by atoms with van der Waals surface area (Å²) in [5.74, 6) is -0.487. The molecule has 0 amide bonds. The largest absolute Gasteiger partial charge is 0.506 e. The highest BCUT2D eigenvalue weighted by atomic mass is 35.5. The van der Waals surface area contributed by atoms with E-state index in [0.29, 0.717) is 35.8 Å². The minimum atomic E-state index is -0.518. The monoisotopic (exact) mass is 424 g/mol. The fourth-order valence-electron chi connectivity index (χ4n) is 3.23. The molecule has 0 saturated carbocycles. The molecule has 6 nitrogen and oxygen atoms in total. The van der Waals surface area contributed by atoms with Crippen LogP contribution in [0.4, 0.5) is 5.13 Å². The van der Waals surface area contributed by atoms with Crippen LogP contribution in [0.2, 0.25) is 5.02 Å². The van der Waals surface area contributed by atoms with E-state index < -0.39 is 5.60 Å². The van der Waals surface area contributed by atoms with Gasteiger partial charge in [-0.1, -0.05) is 17.7 Å². The third-order valence-corrected chi connectivity index (χ3v) is 5.80. The molecule has 8 heteroatoms. The van der Waals surface area contributed by atoms with Crippen LogP contribution < -0.4 is 4.90 Å². The van der Waals surface area contributed by atoms with Crippen LogP contribution in [0.15, 0.2) is 23.6 Å². The van der Waals surface area contributed by atoms with Gasteiger partial charge < -0.3 is 19.5 Å². The number of aromatic hydroxyl groups is 1. The molecular weight excluding hydrogens is 400 g/mol. The number of carbonyl (C=O) groups excluding carboxylic acids is 1. The molecular formula is C20H25ClN2O4S. The first-order valence-electron chi connectivity index (χ1n) is 9.13. The maximum absolute atomic E-state index is 12.5. The molecule has 0 aliphatic carbocycles. The van der Waals surface area contributed by atoms with Crippen LogP contribution in [0, 0.1) is 5.92 Å². The van der Waals surface area contributed by atoms with Gasteiger partial charge >= 0.3 is 5.97 Å². The topological polar surface area (TPSA) is 71.9 Å². The lowest BCUT2D eigenvalue weighted by atomic mass is 9.93. The number of anilines is 1. The number of carbonyl (C=O) groups is 1. The molecule has 3 rings (SSSR count). The number of phenolic OH excluding ortho intramolecular Hbond substituents is 1. The number of esters is 1. The van der Waals surface area contributed by atoms with Gasteiger partial charge in [-0.25, -0.2) is 4.98 Å². The van der Waals surface area contributed by atoms with Crippen molar-refractivity contribution in [2.45, 2.75) is 38.9 Å². The number of para-hydroxylation sites is 1. The van der Waals surface area contributed by atoms with Crippen molar-refractivity contribution in [3.8, 4) is 17.0 Å². The van der Waals surface area contributed by atoms with E-state index in [9.17, 15) is 9.90 Å². The molecule has 1 saturated heterocycles. The molecule has 2 heterocycles. The summed E-state index contributed by atoms with van der Waals surface area (Å²) in [6, 6.07) is 5.20. The molecule has 0 unspecified atom stereocenters. The SMILES string of the molecule is CO[C@@H]1CN(c2nc(-c3cccc(Cl)c3O)cs2)CC[C@@H]1C(=O)OC(C)(C)C. The minimum absolute atomic E-state index is 0.0272. The van der Waals surface area contributed by atoms with Gasteiger partial charge in [0.2, 0.25) is 0 Å². The summed E-state index contributed by atoms with van der Waals surface area (Å²) in [5, 5.41) is 13.2. The Bertz CT molecular complexity index is 849. The van der Waals surface area contributed by atoms with Crippen molar-refractivity contribution in [3.05, 3.63) is 28.6 Å². The number of thiazole rings is 1. The molecule has 1 aliphatic heterocycles. The second-order valence-electron chi connectivity index (χ2n) is 7.80. The summed E-state index contributed by atoms with van der Waals surface area (Å²) in [6.45, 7) is 6.83. The molecule has 2 atom stereocenters. The molecule has 2 aromatic rings. The zero-order valence-corrected chi connectivity index (χ0v) is 18.0. The van der Waals surface area contributed by atoms with Crippen molar-refractivity contribution in [2.75, 3.05) is 25.1 Å². The molecule has 152 valence electrons. The number of hydrogen-bond donors (Lipinski definition) is 1. The highest BCUT2D eigenvalue weighted by Crippen LogP contribution is 2.37. The number of hydrogen-bond acceptors (Lipinski definition) is 7. The van der Waals surface area contributed by atoms with Crippen molar-refractivity contribution in [1.29, 1.82) is 0 Å². The average molecular weight is 425 g/mol. The Morgan fingerprint density at radius 1 is 1.39 bits per heavy atom. The van der Waals surface area contributed by atoms with Crippen molar-refractivity contribution < 1.29 is 19.4 Å². The van der Waals surface area contributed by atoms with E-state index in [4.69, 9.17) is 21.1 Å². The van der Waals surface area contributed by atoms with Gasteiger partial charge in [-0.2, -0.15) is 0 Å². The summed E-state index contributed by atoms with van der Waals surface area (Å²) in [7, 11) is 1.61. The van der Waals surface area contributed by atoms with Gasteiger partial charge in [0, 0.05) is 31.1 Å². The van der Waals surface area contributed by atoms with Crippen LogP contribution in [-0.4, -0.2) is 48.0 Å². The summed E-state index contributed by atoms with van der Waals surface area (Å²) in [5.41, 5.74) is 0.750. The first kappa shape index (κ1) is 20.9. The van der Waals surface area contributed by atoms with E-state index in [2.05, 4.69) is 9.88 Å². The van der Waals surface area contributed by atoms with Gasteiger partial charge in [-0.3, -0.25) is 4.79 Å². The number of benzene rings is 1. The van der Waals surface area contributed by atoms with E-state index in [1.807, 2.05) is 26.2 Å². The zero-order valence-electron chi connectivity index (χ0n) is 16.4. The smallest absolute Gasteiger partial charge is 0.312 e. The van der Waals surface area contributed by atoms with Gasteiger partial charge in [0.25, 0.3) is 0 Å². The lowest BCUT2D eigenvalue weighted by molar-refractivity contribution is -0.165.